The first-order chi connectivity index (χ1) is 16.9. The van der Waals surface area contributed by atoms with Crippen molar-refractivity contribution in [2.24, 2.45) is 0 Å². The summed E-state index contributed by atoms with van der Waals surface area (Å²) in [5.74, 6) is 1.08. The van der Waals surface area contributed by atoms with Crippen LogP contribution in [0.2, 0.25) is 0 Å². The van der Waals surface area contributed by atoms with Crippen LogP contribution in [-0.2, 0) is 14.4 Å². The Morgan fingerprint density at radius 2 is 1.83 bits per heavy atom. The molecule has 0 saturated heterocycles. The largest absolute Gasteiger partial charge is 0.457 e. The van der Waals surface area contributed by atoms with E-state index in [1.165, 1.54) is 18.3 Å². The number of aryl methyl sites for hydroxylation is 1. The third kappa shape index (κ3) is 6.29. The minimum Gasteiger partial charge on any atom is -0.457 e. The van der Waals surface area contributed by atoms with Gasteiger partial charge in [-0.2, -0.15) is 5.06 Å². The average molecular weight is 498 g/mol. The van der Waals surface area contributed by atoms with Gasteiger partial charge in [0.25, 0.3) is 0 Å². The normalized spacial score (nSPS) is 10.8. The molecule has 0 spiro atoms. The molecule has 2 aromatic heterocycles. The molecule has 3 N–H and O–H groups in total. The van der Waals surface area contributed by atoms with Gasteiger partial charge in [-0.1, -0.05) is 11.3 Å². The highest BCUT2D eigenvalue weighted by molar-refractivity contribution is 7.15. The van der Waals surface area contributed by atoms with Crippen molar-refractivity contribution >= 4 is 51.1 Å². The fraction of sp³-hybridized carbons (Fsp3) is 0.227. The Hall–Kier alpha value is -4.07. The summed E-state index contributed by atoms with van der Waals surface area (Å²) in [5, 5.41) is 15.3. The van der Waals surface area contributed by atoms with Crippen LogP contribution in [0.15, 0.2) is 42.5 Å². The van der Waals surface area contributed by atoms with Crippen LogP contribution < -0.4 is 20.4 Å². The Balaban J connectivity index is 1.39. The maximum absolute atomic E-state index is 12.1. The van der Waals surface area contributed by atoms with E-state index < -0.39 is 6.03 Å². The molecule has 0 saturated carbocycles. The summed E-state index contributed by atoms with van der Waals surface area (Å²) >= 11 is 1.29. The number of H-pyrrole nitrogens is 1. The smallest absolute Gasteiger partial charge is 0.325 e. The molecule has 0 atom stereocenters. The first-order valence-electron chi connectivity index (χ1n) is 10.5. The van der Waals surface area contributed by atoms with E-state index in [0.717, 1.165) is 10.1 Å². The summed E-state index contributed by atoms with van der Waals surface area (Å²) in [7, 11) is 1.55. The van der Waals surface area contributed by atoms with Crippen molar-refractivity contribution in [2.45, 2.75) is 13.8 Å². The zero-order valence-corrected chi connectivity index (χ0v) is 20.0. The third-order valence-corrected chi connectivity index (χ3v) is 5.28. The summed E-state index contributed by atoms with van der Waals surface area (Å²) in [6.07, 6.45) is 0. The van der Waals surface area contributed by atoms with Crippen LogP contribution in [0.5, 0.6) is 11.5 Å². The van der Waals surface area contributed by atoms with Crippen LogP contribution in [-0.4, -0.2) is 52.4 Å². The Morgan fingerprint density at radius 3 is 2.51 bits per heavy atom. The highest BCUT2D eigenvalue weighted by Crippen LogP contribution is 2.27. The van der Waals surface area contributed by atoms with Gasteiger partial charge in [0.15, 0.2) is 0 Å². The number of benzene rings is 2. The second kappa shape index (κ2) is 10.9. The molecule has 0 aliphatic carbocycles. The molecule has 0 aliphatic rings. The number of hydroxylamine groups is 1. The van der Waals surface area contributed by atoms with Gasteiger partial charge in [-0.25, -0.2) is 9.78 Å². The lowest BCUT2D eigenvalue weighted by molar-refractivity contribution is -0.124. The molecule has 0 aliphatic heterocycles. The van der Waals surface area contributed by atoms with Gasteiger partial charge in [-0.15, -0.1) is 10.2 Å². The van der Waals surface area contributed by atoms with Crippen LogP contribution in [0, 0.1) is 6.92 Å². The number of aromatic amines is 1. The summed E-state index contributed by atoms with van der Waals surface area (Å²) in [6, 6.07) is 11.8. The zero-order valence-electron chi connectivity index (χ0n) is 19.2. The molecule has 4 rings (SSSR count). The van der Waals surface area contributed by atoms with Gasteiger partial charge in [-0.3, -0.25) is 14.9 Å². The number of methoxy groups -OCH3 is 1. The molecule has 0 radical (unpaired) electrons. The second-order valence-corrected chi connectivity index (χ2v) is 8.39. The summed E-state index contributed by atoms with van der Waals surface area (Å²) < 4.78 is 10.9. The number of amides is 3. The van der Waals surface area contributed by atoms with Gasteiger partial charge in [0.05, 0.1) is 24.2 Å². The topological polar surface area (TPSA) is 144 Å². The van der Waals surface area contributed by atoms with Crippen LogP contribution >= 0.6 is 11.3 Å². The number of carbonyl (C=O) groups is 2. The monoisotopic (exact) mass is 497 g/mol. The fourth-order valence-electron chi connectivity index (χ4n) is 3.00. The van der Waals surface area contributed by atoms with Gasteiger partial charge in [0, 0.05) is 25.8 Å². The Labute approximate surface area is 204 Å². The minimum atomic E-state index is -0.416. The van der Waals surface area contributed by atoms with Crippen LogP contribution in [0.1, 0.15) is 11.9 Å². The fourth-order valence-corrected chi connectivity index (χ4v) is 3.58. The van der Waals surface area contributed by atoms with E-state index in [4.69, 9.17) is 14.3 Å². The quantitative estimate of drug-likeness (QED) is 0.232. The number of nitrogens with zero attached hydrogens (tertiary/aromatic N) is 4. The van der Waals surface area contributed by atoms with Crippen LogP contribution in [0.25, 0.3) is 11.0 Å². The molecule has 2 aromatic carbocycles. The van der Waals surface area contributed by atoms with Gasteiger partial charge >= 0.3 is 6.03 Å². The zero-order chi connectivity index (χ0) is 24.8. The first-order valence-corrected chi connectivity index (χ1v) is 11.3. The van der Waals surface area contributed by atoms with E-state index in [9.17, 15) is 9.59 Å². The molecule has 13 heteroatoms. The molecule has 35 heavy (non-hydrogen) atoms. The summed E-state index contributed by atoms with van der Waals surface area (Å²) in [4.78, 5) is 37.0. The molecular weight excluding hydrogens is 474 g/mol. The third-order valence-electron chi connectivity index (χ3n) is 4.52. The number of hydrogen-bond acceptors (Lipinski definition) is 9. The molecular formula is C22H23N7O5S. The number of fused-ring (bicyclic) bond motifs is 1. The van der Waals surface area contributed by atoms with Crippen LogP contribution in [0.4, 0.5) is 21.6 Å². The molecule has 0 fully saturated rings. The van der Waals surface area contributed by atoms with E-state index >= 15 is 0 Å². The van der Waals surface area contributed by atoms with Gasteiger partial charge in [0.2, 0.25) is 17.0 Å². The number of ether oxygens (including phenoxy) is 2. The van der Waals surface area contributed by atoms with Crippen LogP contribution in [0.3, 0.4) is 0 Å². The average Bonchev–Trinajstić information content (AvgIpc) is 3.43. The van der Waals surface area contributed by atoms with Gasteiger partial charge in [-0.05, 0) is 43.3 Å². The predicted molar refractivity (Wildman–Crippen MR) is 131 cm³/mol. The van der Waals surface area contributed by atoms with E-state index in [2.05, 4.69) is 30.8 Å². The van der Waals surface area contributed by atoms with Crippen molar-refractivity contribution in [1.29, 1.82) is 0 Å². The first kappa shape index (κ1) is 24.1. The van der Waals surface area contributed by atoms with Crippen molar-refractivity contribution in [3.8, 4) is 11.5 Å². The highest BCUT2D eigenvalue weighted by atomic mass is 32.1. The molecule has 12 nitrogen and oxygen atoms in total. The van der Waals surface area contributed by atoms with Crippen molar-refractivity contribution in [3.63, 3.8) is 0 Å². The number of anilines is 3. The molecule has 3 amide bonds. The standard InChI is InChI=1S/C22H23N7O5S/c1-13-27-28-22(35-13)26-21(31)23-15-4-6-16(7-5-15)34-17-8-9-18-19(12-17)25-20(24-18)29(14(2)30)33-11-10-32-3/h4-9,12H,10-11H2,1-3H3,(H,24,25)(H2,23,26,28,31). The lowest BCUT2D eigenvalue weighted by Crippen LogP contribution is -2.31. The minimum absolute atomic E-state index is 0.204. The number of imidazole rings is 1. The number of hydrogen-bond donors (Lipinski definition) is 3. The summed E-state index contributed by atoms with van der Waals surface area (Å²) in [5.41, 5.74) is 1.90. The summed E-state index contributed by atoms with van der Waals surface area (Å²) in [6.45, 7) is 3.73. The van der Waals surface area contributed by atoms with Crippen molar-refractivity contribution < 1.29 is 23.9 Å². The highest BCUT2D eigenvalue weighted by Gasteiger charge is 2.17. The van der Waals surface area contributed by atoms with E-state index in [1.54, 1.807) is 49.6 Å². The van der Waals surface area contributed by atoms with Crippen molar-refractivity contribution in [1.82, 2.24) is 20.2 Å². The molecule has 4 aromatic rings. The lowest BCUT2D eigenvalue weighted by Gasteiger charge is -2.16. The number of nitrogens with one attached hydrogen (secondary N) is 3. The maximum atomic E-state index is 12.1. The van der Waals surface area contributed by atoms with Crippen molar-refractivity contribution in [3.05, 3.63) is 47.5 Å². The van der Waals surface area contributed by atoms with Gasteiger partial charge < -0.3 is 19.8 Å². The number of aromatic nitrogens is 4. The Bertz CT molecular complexity index is 1320. The maximum Gasteiger partial charge on any atom is 0.325 e. The molecule has 0 unspecified atom stereocenters. The second-order valence-electron chi connectivity index (χ2n) is 7.21. The predicted octanol–water partition coefficient (Wildman–Crippen LogP) is 4.09. The SMILES string of the molecule is COCCON(C(C)=O)c1nc2ccc(Oc3ccc(NC(=O)Nc4nnc(C)s4)cc3)cc2[nH]1. The van der Waals surface area contributed by atoms with E-state index in [0.29, 0.717) is 40.0 Å². The Morgan fingerprint density at radius 1 is 1.06 bits per heavy atom. The lowest BCUT2D eigenvalue weighted by atomic mass is 10.3. The molecule has 0 bridgehead atoms. The molecule has 2 heterocycles. The Kier molecular flexibility index (Phi) is 7.50. The van der Waals surface area contributed by atoms with Gasteiger partial charge in [0.1, 0.15) is 16.5 Å². The van der Waals surface area contributed by atoms with E-state index in [1.807, 2.05) is 6.92 Å². The number of carbonyl (C=O) groups excluding carboxylic acids is 2. The van der Waals surface area contributed by atoms with Crippen molar-refractivity contribution in [2.75, 3.05) is 36.0 Å². The van der Waals surface area contributed by atoms with E-state index in [-0.39, 0.29) is 18.5 Å². The number of rotatable bonds is 9. The molecule has 182 valence electrons. The number of urea groups is 1.